The SMILES string of the molecule is Cc1cc(C)cc(N(CC(=O)N(C)Cc2ccccc2)S(C)(=O)=O)c1. The average molecular weight is 360 g/mol. The molecule has 0 atom stereocenters. The number of carbonyl (C=O) groups is 1. The zero-order valence-electron chi connectivity index (χ0n) is 15.1. The summed E-state index contributed by atoms with van der Waals surface area (Å²) in [7, 11) is -1.89. The van der Waals surface area contributed by atoms with Crippen LogP contribution >= 0.6 is 0 Å². The van der Waals surface area contributed by atoms with E-state index in [1.54, 1.807) is 19.2 Å². The molecular formula is C19H24N2O3S. The molecule has 134 valence electrons. The number of aryl methyl sites for hydroxylation is 2. The molecule has 2 aromatic rings. The third-order valence-electron chi connectivity index (χ3n) is 3.86. The Morgan fingerprint density at radius 1 is 1.00 bits per heavy atom. The summed E-state index contributed by atoms with van der Waals surface area (Å²) in [6.07, 6.45) is 1.12. The minimum atomic E-state index is -3.57. The van der Waals surface area contributed by atoms with Gasteiger partial charge in [0.25, 0.3) is 0 Å². The van der Waals surface area contributed by atoms with E-state index in [9.17, 15) is 13.2 Å². The van der Waals surface area contributed by atoms with E-state index in [1.165, 1.54) is 4.90 Å². The summed E-state index contributed by atoms with van der Waals surface area (Å²) >= 11 is 0. The minimum absolute atomic E-state index is 0.217. The lowest BCUT2D eigenvalue weighted by atomic mass is 10.1. The van der Waals surface area contributed by atoms with Crippen molar-refractivity contribution in [3.63, 3.8) is 0 Å². The fraction of sp³-hybridized carbons (Fsp3) is 0.316. The molecule has 0 radical (unpaired) electrons. The molecule has 0 saturated heterocycles. The van der Waals surface area contributed by atoms with Crippen molar-refractivity contribution < 1.29 is 13.2 Å². The van der Waals surface area contributed by atoms with Crippen molar-refractivity contribution in [3.05, 3.63) is 65.2 Å². The normalized spacial score (nSPS) is 11.2. The van der Waals surface area contributed by atoms with Crippen LogP contribution in [0.4, 0.5) is 5.69 Å². The number of rotatable bonds is 6. The average Bonchev–Trinajstić information content (AvgIpc) is 2.51. The zero-order chi connectivity index (χ0) is 18.6. The first-order chi connectivity index (χ1) is 11.7. The van der Waals surface area contributed by atoms with Gasteiger partial charge in [0.05, 0.1) is 11.9 Å². The molecule has 0 aromatic heterocycles. The van der Waals surface area contributed by atoms with Crippen LogP contribution in [-0.2, 0) is 21.4 Å². The van der Waals surface area contributed by atoms with Gasteiger partial charge in [0.1, 0.15) is 6.54 Å². The molecule has 0 bridgehead atoms. The highest BCUT2D eigenvalue weighted by Gasteiger charge is 2.23. The van der Waals surface area contributed by atoms with E-state index < -0.39 is 10.0 Å². The summed E-state index contributed by atoms with van der Waals surface area (Å²) in [5.74, 6) is -0.256. The zero-order valence-corrected chi connectivity index (χ0v) is 15.9. The lowest BCUT2D eigenvalue weighted by Gasteiger charge is -2.26. The van der Waals surface area contributed by atoms with Gasteiger partial charge in [0.15, 0.2) is 0 Å². The second-order valence-electron chi connectivity index (χ2n) is 6.35. The minimum Gasteiger partial charge on any atom is -0.340 e. The maximum absolute atomic E-state index is 12.6. The van der Waals surface area contributed by atoms with Crippen LogP contribution in [0, 0.1) is 13.8 Å². The maximum Gasteiger partial charge on any atom is 0.243 e. The van der Waals surface area contributed by atoms with Crippen molar-refractivity contribution in [2.75, 3.05) is 24.2 Å². The number of benzene rings is 2. The molecule has 6 heteroatoms. The molecule has 0 aliphatic rings. The highest BCUT2D eigenvalue weighted by atomic mass is 32.2. The van der Waals surface area contributed by atoms with Gasteiger partial charge in [0, 0.05) is 13.6 Å². The fourth-order valence-corrected chi connectivity index (χ4v) is 3.52. The molecule has 0 heterocycles. The second-order valence-corrected chi connectivity index (χ2v) is 8.26. The molecule has 0 aliphatic carbocycles. The molecule has 0 saturated carbocycles. The Bertz CT molecular complexity index is 828. The summed E-state index contributed by atoms with van der Waals surface area (Å²) in [6, 6.07) is 15.1. The van der Waals surface area contributed by atoms with E-state index in [0.29, 0.717) is 12.2 Å². The Balaban J connectivity index is 2.21. The predicted octanol–water partition coefficient (Wildman–Crippen LogP) is 2.73. The molecular weight excluding hydrogens is 336 g/mol. The van der Waals surface area contributed by atoms with Gasteiger partial charge in [-0.3, -0.25) is 9.10 Å². The van der Waals surface area contributed by atoms with Gasteiger partial charge in [-0.2, -0.15) is 0 Å². The van der Waals surface area contributed by atoms with Gasteiger partial charge in [-0.25, -0.2) is 8.42 Å². The molecule has 25 heavy (non-hydrogen) atoms. The number of hydrogen-bond acceptors (Lipinski definition) is 3. The van der Waals surface area contributed by atoms with E-state index in [-0.39, 0.29) is 12.5 Å². The van der Waals surface area contributed by atoms with Crippen molar-refractivity contribution in [1.82, 2.24) is 4.90 Å². The lowest BCUT2D eigenvalue weighted by molar-refractivity contribution is -0.128. The van der Waals surface area contributed by atoms with E-state index >= 15 is 0 Å². The summed E-state index contributed by atoms with van der Waals surface area (Å²) in [4.78, 5) is 14.1. The van der Waals surface area contributed by atoms with E-state index in [1.807, 2.05) is 50.2 Å². The Morgan fingerprint density at radius 3 is 2.08 bits per heavy atom. The Kier molecular flexibility index (Phi) is 5.85. The first-order valence-electron chi connectivity index (χ1n) is 8.01. The van der Waals surface area contributed by atoms with Crippen LogP contribution in [0.2, 0.25) is 0 Å². The van der Waals surface area contributed by atoms with E-state index in [0.717, 1.165) is 27.3 Å². The van der Waals surface area contributed by atoms with Gasteiger partial charge >= 0.3 is 0 Å². The number of likely N-dealkylation sites (N-methyl/N-ethyl adjacent to an activating group) is 1. The van der Waals surface area contributed by atoms with Gasteiger partial charge in [0.2, 0.25) is 15.9 Å². The molecule has 2 aromatic carbocycles. The van der Waals surface area contributed by atoms with E-state index in [2.05, 4.69) is 0 Å². The lowest BCUT2D eigenvalue weighted by Crippen LogP contribution is -2.41. The molecule has 2 rings (SSSR count). The Hall–Kier alpha value is -2.34. The Morgan fingerprint density at radius 2 is 1.56 bits per heavy atom. The second kappa shape index (κ2) is 7.70. The van der Waals surface area contributed by atoms with E-state index in [4.69, 9.17) is 0 Å². The first-order valence-corrected chi connectivity index (χ1v) is 9.85. The summed E-state index contributed by atoms with van der Waals surface area (Å²) in [6.45, 7) is 4.02. The van der Waals surface area contributed by atoms with Crippen LogP contribution in [0.5, 0.6) is 0 Å². The third-order valence-corrected chi connectivity index (χ3v) is 5.00. The Labute approximate surface area is 149 Å². The standard InChI is InChI=1S/C19H24N2O3S/c1-15-10-16(2)12-18(11-15)21(25(4,23)24)14-19(22)20(3)13-17-8-6-5-7-9-17/h5-12H,13-14H2,1-4H3. The smallest absolute Gasteiger partial charge is 0.243 e. The van der Waals surface area contributed by atoms with Gasteiger partial charge in [-0.15, -0.1) is 0 Å². The maximum atomic E-state index is 12.6. The van der Waals surface area contributed by atoms with Crippen LogP contribution in [-0.4, -0.2) is 39.1 Å². The largest absolute Gasteiger partial charge is 0.340 e. The van der Waals surface area contributed by atoms with Crippen LogP contribution < -0.4 is 4.31 Å². The predicted molar refractivity (Wildman–Crippen MR) is 101 cm³/mol. The molecule has 0 unspecified atom stereocenters. The quantitative estimate of drug-likeness (QED) is 0.796. The number of anilines is 1. The van der Waals surface area contributed by atoms with Crippen LogP contribution in [0.25, 0.3) is 0 Å². The van der Waals surface area contributed by atoms with Gasteiger partial charge < -0.3 is 4.90 Å². The van der Waals surface area contributed by atoms with Crippen LogP contribution in [0.1, 0.15) is 16.7 Å². The molecule has 0 fully saturated rings. The fourth-order valence-electron chi connectivity index (χ4n) is 2.68. The van der Waals surface area contributed by atoms with Crippen molar-refractivity contribution in [2.24, 2.45) is 0 Å². The molecule has 1 amide bonds. The van der Waals surface area contributed by atoms with Crippen molar-refractivity contribution in [2.45, 2.75) is 20.4 Å². The van der Waals surface area contributed by atoms with Crippen molar-refractivity contribution >= 4 is 21.6 Å². The molecule has 0 spiro atoms. The highest BCUT2D eigenvalue weighted by molar-refractivity contribution is 7.92. The summed E-state index contributed by atoms with van der Waals surface area (Å²) in [5, 5.41) is 0. The molecule has 0 N–H and O–H groups in total. The van der Waals surface area contributed by atoms with Crippen molar-refractivity contribution in [3.8, 4) is 0 Å². The van der Waals surface area contributed by atoms with Gasteiger partial charge in [-0.1, -0.05) is 36.4 Å². The number of amides is 1. The highest BCUT2D eigenvalue weighted by Crippen LogP contribution is 2.21. The van der Waals surface area contributed by atoms with Gasteiger partial charge in [-0.05, 0) is 42.7 Å². The monoisotopic (exact) mass is 360 g/mol. The third kappa shape index (κ3) is 5.32. The number of sulfonamides is 1. The number of hydrogen-bond donors (Lipinski definition) is 0. The molecule has 5 nitrogen and oxygen atoms in total. The topological polar surface area (TPSA) is 57.7 Å². The number of carbonyl (C=O) groups excluding carboxylic acids is 1. The summed E-state index contributed by atoms with van der Waals surface area (Å²) in [5.41, 5.74) is 3.42. The summed E-state index contributed by atoms with van der Waals surface area (Å²) < 4.78 is 25.6. The molecule has 0 aliphatic heterocycles. The first kappa shape index (κ1) is 19.0. The van der Waals surface area contributed by atoms with Crippen LogP contribution in [0.3, 0.4) is 0 Å². The number of nitrogens with zero attached hydrogens (tertiary/aromatic N) is 2. The van der Waals surface area contributed by atoms with Crippen molar-refractivity contribution in [1.29, 1.82) is 0 Å². The van der Waals surface area contributed by atoms with Crippen LogP contribution in [0.15, 0.2) is 48.5 Å².